The van der Waals surface area contributed by atoms with E-state index in [0.29, 0.717) is 11.3 Å². The van der Waals surface area contributed by atoms with Gasteiger partial charge in [-0.1, -0.05) is 24.1 Å². The molecule has 20 heavy (non-hydrogen) atoms. The largest absolute Gasteiger partial charge is 0.339 e. The first kappa shape index (κ1) is 12.1. The van der Waals surface area contributed by atoms with Crippen LogP contribution in [0.15, 0.2) is 48.5 Å². The molecule has 3 nitrogen and oxygen atoms in total. The second-order valence-corrected chi connectivity index (χ2v) is 4.21. The predicted octanol–water partition coefficient (Wildman–Crippen LogP) is 3.49. The van der Waals surface area contributed by atoms with Crippen LogP contribution in [0.3, 0.4) is 0 Å². The van der Waals surface area contributed by atoms with Gasteiger partial charge in [0.05, 0.1) is 5.52 Å². The van der Waals surface area contributed by atoms with Crippen LogP contribution >= 0.6 is 0 Å². The number of aromatic nitrogens is 2. The zero-order valence-corrected chi connectivity index (χ0v) is 10.5. The van der Waals surface area contributed by atoms with Crippen molar-refractivity contribution >= 4 is 22.4 Å². The highest BCUT2D eigenvalue weighted by Gasteiger charge is 2.07. The Kier molecular flexibility index (Phi) is 3.02. The predicted molar refractivity (Wildman–Crippen MR) is 77.2 cm³/mol. The summed E-state index contributed by atoms with van der Waals surface area (Å²) >= 11 is 0. The Morgan fingerprint density at radius 3 is 2.75 bits per heavy atom. The summed E-state index contributed by atoms with van der Waals surface area (Å²) in [4.78, 5) is 7.57. The van der Waals surface area contributed by atoms with Crippen molar-refractivity contribution in [2.45, 2.75) is 0 Å². The van der Waals surface area contributed by atoms with Crippen molar-refractivity contribution in [1.82, 2.24) is 9.97 Å². The van der Waals surface area contributed by atoms with Gasteiger partial charge >= 0.3 is 6.08 Å². The van der Waals surface area contributed by atoms with Crippen LogP contribution in [0.5, 0.6) is 0 Å². The van der Waals surface area contributed by atoms with Crippen LogP contribution in [0.4, 0.5) is 15.9 Å². The summed E-state index contributed by atoms with van der Waals surface area (Å²) < 4.78 is 13.5. The van der Waals surface area contributed by atoms with Crippen LogP contribution in [-0.2, 0) is 0 Å². The van der Waals surface area contributed by atoms with Crippen LogP contribution < -0.4 is 5.32 Å². The van der Waals surface area contributed by atoms with Crippen LogP contribution in [0.1, 0.15) is 5.56 Å². The fraction of sp³-hybridized carbons (Fsp3) is 0. The number of anilines is 2. The van der Waals surface area contributed by atoms with Gasteiger partial charge in [0.1, 0.15) is 5.82 Å². The van der Waals surface area contributed by atoms with Crippen molar-refractivity contribution in [3.8, 4) is 12.3 Å². The number of hydrogen-bond donors (Lipinski definition) is 1. The summed E-state index contributed by atoms with van der Waals surface area (Å²) in [7, 11) is 0. The van der Waals surface area contributed by atoms with Gasteiger partial charge in [0, 0.05) is 16.6 Å². The molecule has 1 aromatic heterocycles. The number of fused-ring (bicyclic) bond motifs is 1. The molecule has 0 saturated carbocycles. The first-order valence-corrected chi connectivity index (χ1v) is 6.02. The van der Waals surface area contributed by atoms with Crippen molar-refractivity contribution in [3.63, 3.8) is 0 Å². The van der Waals surface area contributed by atoms with Crippen LogP contribution in [0.25, 0.3) is 10.9 Å². The maximum absolute atomic E-state index is 13.5. The lowest BCUT2D eigenvalue weighted by molar-refractivity contribution is 0.546. The molecule has 0 unspecified atom stereocenters. The van der Waals surface area contributed by atoms with Crippen molar-refractivity contribution < 1.29 is 4.39 Å². The van der Waals surface area contributed by atoms with Gasteiger partial charge in [-0.15, -0.1) is 6.42 Å². The zero-order chi connectivity index (χ0) is 13.9. The molecule has 2 aromatic carbocycles. The number of hydrogen-bond acceptors (Lipinski definition) is 3. The van der Waals surface area contributed by atoms with Gasteiger partial charge in [-0.25, -0.2) is 4.98 Å². The highest BCUT2D eigenvalue weighted by molar-refractivity contribution is 5.90. The molecule has 96 valence electrons. The second-order valence-electron chi connectivity index (χ2n) is 4.21. The third-order valence-electron chi connectivity index (χ3n) is 2.87. The number of nitrogens with zero attached hydrogens (tertiary/aromatic N) is 2. The standard InChI is InChI=1S/C16H10FN3/c1-2-11-6-5-7-12(10-11)18-15-13-8-3-4-9-14(13)19-16(17)20-15/h1,3-10H,(H,18,19,20). The quantitative estimate of drug-likeness (QED) is 0.568. The molecule has 4 heteroatoms. The van der Waals surface area contributed by atoms with E-state index in [4.69, 9.17) is 6.42 Å². The summed E-state index contributed by atoms with van der Waals surface area (Å²) in [5.74, 6) is 2.97. The number of benzene rings is 2. The SMILES string of the molecule is C#Cc1cccc(Nc2nc(F)nc3ccccc23)c1. The van der Waals surface area contributed by atoms with Gasteiger partial charge in [0.25, 0.3) is 0 Å². The van der Waals surface area contributed by atoms with Crippen LogP contribution in [0, 0.1) is 18.4 Å². The average molecular weight is 263 g/mol. The fourth-order valence-corrected chi connectivity index (χ4v) is 1.97. The molecule has 0 atom stereocenters. The van der Waals surface area contributed by atoms with Crippen LogP contribution in [0.2, 0.25) is 0 Å². The van der Waals surface area contributed by atoms with Crippen molar-refractivity contribution in [3.05, 3.63) is 60.2 Å². The van der Waals surface area contributed by atoms with E-state index in [1.54, 1.807) is 18.2 Å². The number of para-hydroxylation sites is 1. The minimum absolute atomic E-state index is 0.419. The highest BCUT2D eigenvalue weighted by Crippen LogP contribution is 2.23. The minimum atomic E-state index is -0.765. The summed E-state index contributed by atoms with van der Waals surface area (Å²) in [5, 5.41) is 3.83. The Hall–Kier alpha value is -2.93. The molecule has 0 amide bonds. The van der Waals surface area contributed by atoms with E-state index in [0.717, 1.165) is 16.6 Å². The molecule has 0 spiro atoms. The Morgan fingerprint density at radius 1 is 1.05 bits per heavy atom. The van der Waals surface area contributed by atoms with E-state index < -0.39 is 6.08 Å². The molecule has 3 aromatic rings. The normalized spacial score (nSPS) is 10.2. The van der Waals surface area contributed by atoms with Crippen molar-refractivity contribution in [1.29, 1.82) is 0 Å². The molecule has 3 rings (SSSR count). The number of rotatable bonds is 2. The monoisotopic (exact) mass is 263 g/mol. The lowest BCUT2D eigenvalue weighted by Crippen LogP contribution is -1.99. The lowest BCUT2D eigenvalue weighted by Gasteiger charge is -2.08. The van der Waals surface area contributed by atoms with Gasteiger partial charge in [-0.2, -0.15) is 9.37 Å². The van der Waals surface area contributed by atoms with Gasteiger partial charge in [-0.3, -0.25) is 0 Å². The smallest absolute Gasteiger partial charge is 0.311 e. The van der Waals surface area contributed by atoms with Crippen molar-refractivity contribution in [2.24, 2.45) is 0 Å². The molecule has 0 aliphatic carbocycles. The molecule has 1 N–H and O–H groups in total. The third kappa shape index (κ3) is 2.29. The lowest BCUT2D eigenvalue weighted by atomic mass is 10.2. The molecule has 0 bridgehead atoms. The molecule has 0 aliphatic rings. The number of terminal acetylenes is 1. The number of nitrogens with one attached hydrogen (secondary N) is 1. The zero-order valence-electron chi connectivity index (χ0n) is 10.5. The van der Waals surface area contributed by atoms with E-state index in [1.807, 2.05) is 30.3 Å². The minimum Gasteiger partial charge on any atom is -0.339 e. The number of halogens is 1. The molecule has 0 fully saturated rings. The molecule has 0 radical (unpaired) electrons. The van der Waals surface area contributed by atoms with E-state index in [1.165, 1.54) is 0 Å². The van der Waals surface area contributed by atoms with Gasteiger partial charge in [-0.05, 0) is 30.3 Å². The fourth-order valence-electron chi connectivity index (χ4n) is 1.97. The Bertz CT molecular complexity index is 821. The molecule has 0 saturated heterocycles. The van der Waals surface area contributed by atoms with E-state index in [-0.39, 0.29) is 0 Å². The molecular formula is C16H10FN3. The highest BCUT2D eigenvalue weighted by atomic mass is 19.1. The van der Waals surface area contributed by atoms with E-state index >= 15 is 0 Å². The maximum Gasteiger partial charge on any atom is 0.311 e. The summed E-state index contributed by atoms with van der Waals surface area (Å²) in [5.41, 5.74) is 2.05. The van der Waals surface area contributed by atoms with Gasteiger partial charge < -0.3 is 5.32 Å². The maximum atomic E-state index is 13.5. The van der Waals surface area contributed by atoms with E-state index in [9.17, 15) is 4.39 Å². The summed E-state index contributed by atoms with van der Waals surface area (Å²) in [6, 6.07) is 14.5. The van der Waals surface area contributed by atoms with Gasteiger partial charge in [0.15, 0.2) is 0 Å². The van der Waals surface area contributed by atoms with Crippen molar-refractivity contribution in [2.75, 3.05) is 5.32 Å². The first-order valence-electron chi connectivity index (χ1n) is 6.02. The molecule has 1 heterocycles. The Balaban J connectivity index is 2.08. The summed E-state index contributed by atoms with van der Waals surface area (Å²) in [6.07, 6.45) is 4.60. The molecule has 0 aliphatic heterocycles. The van der Waals surface area contributed by atoms with Crippen LogP contribution in [-0.4, -0.2) is 9.97 Å². The summed E-state index contributed by atoms with van der Waals surface area (Å²) in [6.45, 7) is 0. The van der Waals surface area contributed by atoms with E-state index in [2.05, 4.69) is 21.2 Å². The topological polar surface area (TPSA) is 37.8 Å². The first-order chi connectivity index (χ1) is 9.76. The van der Waals surface area contributed by atoms with Gasteiger partial charge in [0.2, 0.25) is 0 Å². The Morgan fingerprint density at radius 2 is 1.90 bits per heavy atom. The average Bonchev–Trinajstić information content (AvgIpc) is 2.47. The Labute approximate surface area is 115 Å². The molecular weight excluding hydrogens is 253 g/mol. The third-order valence-corrected chi connectivity index (χ3v) is 2.87. The second kappa shape index (κ2) is 4.98.